The third-order valence-corrected chi connectivity index (χ3v) is 1.70. The van der Waals surface area contributed by atoms with Crippen LogP contribution in [-0.2, 0) is 4.74 Å². The van der Waals surface area contributed by atoms with Crippen LogP contribution in [0.15, 0.2) is 0 Å². The number of rotatable bonds is 3. The summed E-state index contributed by atoms with van der Waals surface area (Å²) in [6.07, 6.45) is 1.52. The van der Waals surface area contributed by atoms with Gasteiger partial charge in [0.25, 0.3) is 0 Å². The van der Waals surface area contributed by atoms with E-state index >= 15 is 0 Å². The monoisotopic (exact) mass is 174 g/mol. The Kier molecular flexibility index (Phi) is 9.17. The Morgan fingerprint density at radius 3 is 1.58 bits per heavy atom. The van der Waals surface area contributed by atoms with E-state index in [1.165, 1.54) is 0 Å². The van der Waals surface area contributed by atoms with Gasteiger partial charge in [-0.1, -0.05) is 41.5 Å². The minimum absolute atomic E-state index is 0.296. The summed E-state index contributed by atoms with van der Waals surface area (Å²) in [5.41, 5.74) is 0.296. The Hall–Kier alpha value is -0.0400. The average molecular weight is 174 g/mol. The van der Waals surface area contributed by atoms with Crippen molar-refractivity contribution < 1.29 is 4.74 Å². The van der Waals surface area contributed by atoms with Crippen molar-refractivity contribution in [1.82, 2.24) is 0 Å². The number of hydrogen-bond donors (Lipinski definition) is 0. The fourth-order valence-corrected chi connectivity index (χ4v) is 1.18. The van der Waals surface area contributed by atoms with Gasteiger partial charge in [-0.15, -0.1) is 0 Å². The zero-order valence-electron chi connectivity index (χ0n) is 9.90. The normalized spacial score (nSPS) is 13.2. The van der Waals surface area contributed by atoms with Crippen LogP contribution in [0.4, 0.5) is 0 Å². The highest BCUT2D eigenvalue weighted by Gasteiger charge is 2.22. The topological polar surface area (TPSA) is 9.23 Å². The molecule has 0 aliphatic rings. The first-order valence-electron chi connectivity index (χ1n) is 5.14. The van der Waals surface area contributed by atoms with Crippen LogP contribution < -0.4 is 0 Å². The van der Waals surface area contributed by atoms with Gasteiger partial charge in [0, 0.05) is 6.61 Å². The molecule has 0 fully saturated rings. The molecule has 0 aromatic rings. The van der Waals surface area contributed by atoms with Crippen LogP contribution in [0.5, 0.6) is 0 Å². The molecule has 76 valence electrons. The lowest BCUT2D eigenvalue weighted by atomic mass is 9.87. The summed E-state index contributed by atoms with van der Waals surface area (Å²) in [4.78, 5) is 0. The van der Waals surface area contributed by atoms with Gasteiger partial charge in [0.2, 0.25) is 0 Å². The first-order valence-corrected chi connectivity index (χ1v) is 5.14. The summed E-state index contributed by atoms with van der Waals surface area (Å²) >= 11 is 0. The van der Waals surface area contributed by atoms with Gasteiger partial charge in [-0.2, -0.15) is 0 Å². The summed E-state index contributed by atoms with van der Waals surface area (Å²) in [7, 11) is 0. The maximum Gasteiger partial charge on any atom is 0.0620 e. The van der Waals surface area contributed by atoms with Crippen LogP contribution in [0.2, 0.25) is 0 Å². The molecule has 0 aliphatic heterocycles. The molecule has 0 aliphatic carbocycles. The molecular weight excluding hydrogens is 148 g/mol. The SMILES string of the molecule is CC.CCOC(CC)C(C)(C)C. The van der Waals surface area contributed by atoms with Crippen molar-refractivity contribution in [2.75, 3.05) is 6.61 Å². The minimum atomic E-state index is 0.296. The molecule has 0 aromatic carbocycles. The smallest absolute Gasteiger partial charge is 0.0620 e. The van der Waals surface area contributed by atoms with E-state index in [1.54, 1.807) is 0 Å². The van der Waals surface area contributed by atoms with Crippen LogP contribution in [0.25, 0.3) is 0 Å². The largest absolute Gasteiger partial charge is 0.378 e. The highest BCUT2D eigenvalue weighted by atomic mass is 16.5. The predicted octanol–water partition coefficient (Wildman–Crippen LogP) is 3.87. The number of ether oxygens (including phenoxy) is 1. The van der Waals surface area contributed by atoms with Gasteiger partial charge in [-0.05, 0) is 18.8 Å². The van der Waals surface area contributed by atoms with Crippen molar-refractivity contribution >= 4 is 0 Å². The third-order valence-electron chi connectivity index (χ3n) is 1.70. The maximum atomic E-state index is 5.56. The van der Waals surface area contributed by atoms with Crippen LogP contribution in [0.1, 0.15) is 54.9 Å². The van der Waals surface area contributed by atoms with Gasteiger partial charge in [0.1, 0.15) is 0 Å². The molecule has 0 rings (SSSR count). The van der Waals surface area contributed by atoms with Crippen LogP contribution in [-0.4, -0.2) is 12.7 Å². The minimum Gasteiger partial charge on any atom is -0.378 e. The maximum absolute atomic E-state index is 5.56. The lowest BCUT2D eigenvalue weighted by Crippen LogP contribution is -2.28. The Balaban J connectivity index is 0. The van der Waals surface area contributed by atoms with Crippen molar-refractivity contribution in [2.45, 2.75) is 61.0 Å². The summed E-state index contributed by atoms with van der Waals surface area (Å²) in [6.45, 7) is 15.7. The fourth-order valence-electron chi connectivity index (χ4n) is 1.18. The van der Waals surface area contributed by atoms with E-state index in [0.717, 1.165) is 13.0 Å². The van der Waals surface area contributed by atoms with Gasteiger partial charge in [0.15, 0.2) is 0 Å². The molecule has 0 spiro atoms. The average Bonchev–Trinajstić information content (AvgIpc) is 2.02. The van der Waals surface area contributed by atoms with E-state index in [1.807, 2.05) is 13.8 Å². The first kappa shape index (κ1) is 14.5. The molecule has 12 heavy (non-hydrogen) atoms. The molecule has 1 nitrogen and oxygen atoms in total. The molecule has 0 heterocycles. The van der Waals surface area contributed by atoms with Gasteiger partial charge in [-0.3, -0.25) is 0 Å². The molecule has 1 unspecified atom stereocenters. The Labute approximate surface area is 78.5 Å². The summed E-state index contributed by atoms with van der Waals surface area (Å²) in [5.74, 6) is 0. The standard InChI is InChI=1S/C9H20O.C2H6/c1-6-8(10-7-2)9(3,4)5;1-2/h8H,6-7H2,1-5H3;1-2H3. The second-order valence-corrected chi connectivity index (χ2v) is 3.72. The van der Waals surface area contributed by atoms with E-state index in [0.29, 0.717) is 11.5 Å². The molecule has 0 saturated heterocycles. The van der Waals surface area contributed by atoms with Crippen molar-refractivity contribution in [1.29, 1.82) is 0 Å². The molecule has 0 aromatic heterocycles. The highest BCUT2D eigenvalue weighted by molar-refractivity contribution is 4.72. The van der Waals surface area contributed by atoms with Gasteiger partial charge < -0.3 is 4.74 Å². The zero-order valence-corrected chi connectivity index (χ0v) is 9.90. The molecule has 1 heteroatoms. The second-order valence-electron chi connectivity index (χ2n) is 3.72. The summed E-state index contributed by atoms with van der Waals surface area (Å²) in [5, 5.41) is 0. The first-order chi connectivity index (χ1) is 5.52. The summed E-state index contributed by atoms with van der Waals surface area (Å²) < 4.78 is 5.56. The summed E-state index contributed by atoms with van der Waals surface area (Å²) in [6, 6.07) is 0. The van der Waals surface area contributed by atoms with E-state index < -0.39 is 0 Å². The highest BCUT2D eigenvalue weighted by Crippen LogP contribution is 2.24. The molecule has 0 radical (unpaired) electrons. The zero-order chi connectivity index (χ0) is 10.2. The van der Waals surface area contributed by atoms with E-state index in [9.17, 15) is 0 Å². The van der Waals surface area contributed by atoms with Gasteiger partial charge in [-0.25, -0.2) is 0 Å². The van der Waals surface area contributed by atoms with Gasteiger partial charge >= 0.3 is 0 Å². The number of hydrogen-bond acceptors (Lipinski definition) is 1. The molecule has 0 N–H and O–H groups in total. The molecule has 0 bridgehead atoms. The Morgan fingerprint density at radius 2 is 1.50 bits per heavy atom. The van der Waals surface area contributed by atoms with Gasteiger partial charge in [0.05, 0.1) is 6.10 Å². The van der Waals surface area contributed by atoms with Crippen molar-refractivity contribution in [3.05, 3.63) is 0 Å². The van der Waals surface area contributed by atoms with Crippen molar-refractivity contribution in [3.8, 4) is 0 Å². The lowest BCUT2D eigenvalue weighted by Gasteiger charge is -2.29. The third kappa shape index (κ3) is 6.66. The quantitative estimate of drug-likeness (QED) is 0.631. The van der Waals surface area contributed by atoms with E-state index in [4.69, 9.17) is 4.74 Å². The predicted molar refractivity (Wildman–Crippen MR) is 56.5 cm³/mol. The lowest BCUT2D eigenvalue weighted by molar-refractivity contribution is -0.0132. The molecular formula is C11H26O. The molecule has 0 saturated carbocycles. The van der Waals surface area contributed by atoms with Crippen LogP contribution in [0, 0.1) is 5.41 Å². The van der Waals surface area contributed by atoms with E-state index in [2.05, 4.69) is 34.6 Å². The fraction of sp³-hybridized carbons (Fsp3) is 1.00. The van der Waals surface area contributed by atoms with Crippen LogP contribution >= 0.6 is 0 Å². The Morgan fingerprint density at radius 1 is 1.08 bits per heavy atom. The van der Waals surface area contributed by atoms with Crippen LogP contribution in [0.3, 0.4) is 0 Å². The van der Waals surface area contributed by atoms with E-state index in [-0.39, 0.29) is 0 Å². The molecule has 0 amide bonds. The molecule has 1 atom stereocenters. The van der Waals surface area contributed by atoms with Crippen molar-refractivity contribution in [2.24, 2.45) is 5.41 Å². The second kappa shape index (κ2) is 7.60. The Bertz CT molecular complexity index is 81.5. The van der Waals surface area contributed by atoms with Crippen molar-refractivity contribution in [3.63, 3.8) is 0 Å².